The average Bonchev–Trinajstić information content (AvgIpc) is 3.31. The van der Waals surface area contributed by atoms with Crippen LogP contribution >= 0.6 is 36.2 Å². The lowest BCUT2D eigenvalue weighted by Crippen LogP contribution is -2.49. The Morgan fingerprint density at radius 3 is 2.71 bits per heavy atom. The highest BCUT2D eigenvalue weighted by Crippen LogP contribution is 2.27. The zero-order valence-corrected chi connectivity index (χ0v) is 17.5. The van der Waals surface area contributed by atoms with Crippen LogP contribution in [0.25, 0.3) is 10.6 Å². The number of piperazine rings is 1. The molecule has 3 heterocycles. The van der Waals surface area contributed by atoms with Crippen molar-refractivity contribution in [2.45, 2.75) is 6.04 Å². The molecule has 1 aliphatic heterocycles. The molecule has 1 aliphatic rings. The molecule has 3 aromatic rings. The number of aryl methyl sites for hydroxylation is 1. The van der Waals surface area contributed by atoms with Gasteiger partial charge < -0.3 is 14.8 Å². The van der Waals surface area contributed by atoms with Crippen molar-refractivity contribution >= 4 is 42.1 Å². The van der Waals surface area contributed by atoms with Gasteiger partial charge in [-0.1, -0.05) is 0 Å². The van der Waals surface area contributed by atoms with Crippen LogP contribution in [-0.4, -0.2) is 45.0 Å². The first-order valence-corrected chi connectivity index (χ1v) is 9.22. The second-order valence-corrected chi connectivity index (χ2v) is 7.02. The van der Waals surface area contributed by atoms with E-state index < -0.39 is 0 Å². The van der Waals surface area contributed by atoms with Crippen LogP contribution in [-0.2, 0) is 7.05 Å². The number of nitrogens with one attached hydrogen (secondary N) is 1. The Hall–Kier alpha value is -2.00. The number of hydrogen-bond acceptors (Lipinski definition) is 5. The van der Waals surface area contributed by atoms with Crippen molar-refractivity contribution in [3.05, 3.63) is 59.4 Å². The van der Waals surface area contributed by atoms with E-state index in [0.29, 0.717) is 23.8 Å². The molecule has 1 aromatic carbocycles. The summed E-state index contributed by atoms with van der Waals surface area (Å²) >= 11 is 1.39. The van der Waals surface area contributed by atoms with Gasteiger partial charge in [0, 0.05) is 50.0 Å². The Bertz CT molecular complexity index is 930. The van der Waals surface area contributed by atoms with Crippen LogP contribution in [0.4, 0.5) is 4.39 Å². The molecular weight excluding hydrogens is 424 g/mol. The van der Waals surface area contributed by atoms with Gasteiger partial charge in [-0.2, -0.15) is 0 Å². The van der Waals surface area contributed by atoms with E-state index in [1.807, 2.05) is 22.7 Å². The fourth-order valence-corrected chi connectivity index (χ4v) is 3.92. The molecule has 0 spiro atoms. The molecule has 10 heteroatoms. The number of carbonyl (C=O) groups excluding carboxylic acids is 1. The Morgan fingerprint density at radius 2 is 2.04 bits per heavy atom. The Morgan fingerprint density at radius 1 is 1.29 bits per heavy atom. The number of aromatic nitrogens is 3. The van der Waals surface area contributed by atoms with E-state index in [1.165, 1.54) is 23.5 Å². The van der Waals surface area contributed by atoms with Crippen LogP contribution < -0.4 is 5.32 Å². The normalized spacial score (nSPS) is 16.2. The largest absolute Gasteiger partial charge is 0.336 e. The van der Waals surface area contributed by atoms with E-state index in [4.69, 9.17) is 0 Å². The fourth-order valence-electron chi connectivity index (χ4n) is 3.12. The van der Waals surface area contributed by atoms with E-state index in [2.05, 4.69) is 15.3 Å². The molecule has 1 atom stereocenters. The molecule has 150 valence electrons. The van der Waals surface area contributed by atoms with Gasteiger partial charge in [0.25, 0.3) is 5.91 Å². The van der Waals surface area contributed by atoms with Gasteiger partial charge in [0.05, 0.1) is 0 Å². The van der Waals surface area contributed by atoms with E-state index >= 15 is 0 Å². The number of carbonyl (C=O) groups is 1. The summed E-state index contributed by atoms with van der Waals surface area (Å²) in [6.07, 6.45) is 3.62. The van der Waals surface area contributed by atoms with Crippen LogP contribution in [0.15, 0.2) is 42.0 Å². The quantitative estimate of drug-likeness (QED) is 0.674. The lowest BCUT2D eigenvalue weighted by atomic mass is 10.1. The van der Waals surface area contributed by atoms with Gasteiger partial charge in [-0.05, 0) is 24.3 Å². The van der Waals surface area contributed by atoms with Gasteiger partial charge in [-0.25, -0.2) is 14.4 Å². The lowest BCUT2D eigenvalue weighted by Gasteiger charge is -2.35. The molecule has 6 nitrogen and oxygen atoms in total. The number of halogens is 3. The summed E-state index contributed by atoms with van der Waals surface area (Å²) in [6, 6.07) is 6.00. The number of amides is 1. The third-order valence-corrected chi connectivity index (χ3v) is 5.37. The minimum absolute atomic E-state index is 0. The molecule has 0 aliphatic carbocycles. The van der Waals surface area contributed by atoms with Gasteiger partial charge >= 0.3 is 0 Å². The standard InChI is InChI=1S/C18H18FN5OS.2ClH/c1-23-8-7-21-16(23)15-10-20-6-9-24(15)18(25)14-11-26-17(22-14)12-2-4-13(19)5-3-12;;/h2-5,7-8,11,15,20H,6,9-10H2,1H3;2*1H. The van der Waals surface area contributed by atoms with Crippen molar-refractivity contribution in [2.24, 2.45) is 7.05 Å². The van der Waals surface area contributed by atoms with Gasteiger partial charge in [0.1, 0.15) is 28.4 Å². The third-order valence-electron chi connectivity index (χ3n) is 4.48. The molecule has 0 bridgehead atoms. The van der Waals surface area contributed by atoms with E-state index in [-0.39, 0.29) is 42.6 Å². The van der Waals surface area contributed by atoms with Crippen molar-refractivity contribution in [2.75, 3.05) is 19.6 Å². The highest BCUT2D eigenvalue weighted by atomic mass is 35.5. The lowest BCUT2D eigenvalue weighted by molar-refractivity contribution is 0.0615. The SMILES string of the molecule is Cl.Cl.Cn1ccnc1C1CNCCN1C(=O)c1csc(-c2ccc(F)cc2)n1. The predicted molar refractivity (Wildman–Crippen MR) is 112 cm³/mol. The maximum Gasteiger partial charge on any atom is 0.274 e. The zero-order chi connectivity index (χ0) is 18.1. The molecule has 4 rings (SSSR count). The van der Waals surface area contributed by atoms with Crippen LogP contribution in [0.5, 0.6) is 0 Å². The van der Waals surface area contributed by atoms with Crippen molar-refractivity contribution in [3.63, 3.8) is 0 Å². The highest BCUT2D eigenvalue weighted by molar-refractivity contribution is 7.13. The summed E-state index contributed by atoms with van der Waals surface area (Å²) < 4.78 is 15.0. The summed E-state index contributed by atoms with van der Waals surface area (Å²) in [5, 5.41) is 5.79. The second-order valence-electron chi connectivity index (χ2n) is 6.16. The monoisotopic (exact) mass is 443 g/mol. The first-order valence-electron chi connectivity index (χ1n) is 8.34. The number of nitrogens with zero attached hydrogens (tertiary/aromatic N) is 4. The van der Waals surface area contributed by atoms with Crippen molar-refractivity contribution < 1.29 is 9.18 Å². The van der Waals surface area contributed by atoms with Gasteiger partial charge in [-0.15, -0.1) is 36.2 Å². The maximum atomic E-state index is 13.1. The first kappa shape index (κ1) is 22.3. The zero-order valence-electron chi connectivity index (χ0n) is 15.0. The molecular formula is C18H20Cl2FN5OS. The highest BCUT2D eigenvalue weighted by Gasteiger charge is 2.32. The molecule has 1 fully saturated rings. The maximum absolute atomic E-state index is 13.1. The molecule has 0 saturated carbocycles. The minimum Gasteiger partial charge on any atom is -0.336 e. The van der Waals surface area contributed by atoms with E-state index in [1.54, 1.807) is 23.7 Å². The molecule has 0 radical (unpaired) electrons. The molecule has 1 N–H and O–H groups in total. The Kier molecular flexibility index (Phi) is 7.54. The van der Waals surface area contributed by atoms with Crippen LogP contribution in [0.1, 0.15) is 22.4 Å². The van der Waals surface area contributed by atoms with Gasteiger partial charge in [-0.3, -0.25) is 4.79 Å². The van der Waals surface area contributed by atoms with Crippen LogP contribution in [0.2, 0.25) is 0 Å². The Labute approximate surface area is 178 Å². The average molecular weight is 444 g/mol. The summed E-state index contributed by atoms with van der Waals surface area (Å²) in [5.74, 6) is 0.448. The van der Waals surface area contributed by atoms with Gasteiger partial charge in [0.15, 0.2) is 0 Å². The van der Waals surface area contributed by atoms with Gasteiger partial charge in [0.2, 0.25) is 0 Å². The first-order chi connectivity index (χ1) is 12.6. The summed E-state index contributed by atoms with van der Waals surface area (Å²) in [7, 11) is 1.93. The number of benzene rings is 1. The van der Waals surface area contributed by atoms with Crippen LogP contribution in [0.3, 0.4) is 0 Å². The smallest absolute Gasteiger partial charge is 0.274 e. The second kappa shape index (κ2) is 9.47. The summed E-state index contributed by atoms with van der Waals surface area (Å²) in [5.41, 5.74) is 1.21. The molecule has 1 amide bonds. The number of hydrogen-bond donors (Lipinski definition) is 1. The third kappa shape index (κ3) is 4.35. The summed E-state index contributed by atoms with van der Waals surface area (Å²) in [4.78, 5) is 23.8. The van der Waals surface area contributed by atoms with Crippen molar-refractivity contribution in [3.8, 4) is 10.6 Å². The predicted octanol–water partition coefficient (Wildman–Crippen LogP) is 3.31. The number of rotatable bonds is 3. The van der Waals surface area contributed by atoms with E-state index in [9.17, 15) is 9.18 Å². The van der Waals surface area contributed by atoms with Crippen molar-refractivity contribution in [1.29, 1.82) is 0 Å². The Balaban J connectivity index is 0.00000140. The van der Waals surface area contributed by atoms with E-state index in [0.717, 1.165) is 17.9 Å². The van der Waals surface area contributed by atoms with Crippen LogP contribution in [0, 0.1) is 5.82 Å². The molecule has 28 heavy (non-hydrogen) atoms. The van der Waals surface area contributed by atoms with Crippen molar-refractivity contribution in [1.82, 2.24) is 24.8 Å². The topological polar surface area (TPSA) is 63.1 Å². The molecule has 1 saturated heterocycles. The molecule has 1 unspecified atom stereocenters. The summed E-state index contributed by atoms with van der Waals surface area (Å²) in [6.45, 7) is 1.99. The number of thiazole rings is 1. The number of imidazole rings is 1. The molecule has 2 aromatic heterocycles. The minimum atomic E-state index is -0.291. The fraction of sp³-hybridized carbons (Fsp3) is 0.278.